The van der Waals surface area contributed by atoms with E-state index in [1.165, 1.54) is 44.5 Å². The molecule has 3 heteroatoms. The fourth-order valence-electron chi connectivity index (χ4n) is 2.95. The second kappa shape index (κ2) is 7.26. The normalized spacial score (nSPS) is 20.4. The quantitative estimate of drug-likeness (QED) is 0.908. The van der Waals surface area contributed by atoms with E-state index < -0.39 is 0 Å². The molecule has 0 aromatic carbocycles. The van der Waals surface area contributed by atoms with E-state index in [9.17, 15) is 0 Å². The van der Waals surface area contributed by atoms with Crippen LogP contribution in [0.25, 0.3) is 0 Å². The highest BCUT2D eigenvalue weighted by atomic mass is 15.1. The van der Waals surface area contributed by atoms with Crippen molar-refractivity contribution in [2.75, 3.05) is 18.0 Å². The minimum absolute atomic E-state index is 0.134. The minimum Gasteiger partial charge on any atom is -0.371 e. The molecule has 1 N–H and O–H groups in total. The summed E-state index contributed by atoms with van der Waals surface area (Å²) in [5.41, 5.74) is 2.61. The molecule has 1 aliphatic heterocycles. The van der Waals surface area contributed by atoms with Crippen LogP contribution in [-0.4, -0.2) is 23.6 Å². The highest BCUT2D eigenvalue weighted by Gasteiger charge is 2.16. The molecule has 1 fully saturated rings. The predicted molar refractivity (Wildman–Crippen MR) is 90.7 cm³/mol. The van der Waals surface area contributed by atoms with Gasteiger partial charge in [0.1, 0.15) is 0 Å². The summed E-state index contributed by atoms with van der Waals surface area (Å²) in [4.78, 5) is 7.04. The van der Waals surface area contributed by atoms with Gasteiger partial charge in [-0.2, -0.15) is 0 Å². The molecular weight excluding hydrogens is 258 g/mol. The highest BCUT2D eigenvalue weighted by molar-refractivity contribution is 5.46. The molecule has 0 spiro atoms. The summed E-state index contributed by atoms with van der Waals surface area (Å²) in [5.74, 6) is 0.916. The van der Waals surface area contributed by atoms with Crippen molar-refractivity contribution in [1.29, 1.82) is 0 Å². The second-order valence-electron chi connectivity index (χ2n) is 7.30. The summed E-state index contributed by atoms with van der Waals surface area (Å²) in [6.45, 7) is 12.1. The van der Waals surface area contributed by atoms with Crippen LogP contribution in [0.4, 0.5) is 5.69 Å². The zero-order chi connectivity index (χ0) is 15.3. The summed E-state index contributed by atoms with van der Waals surface area (Å²) in [6, 6.07) is 4.41. The third-order valence-corrected chi connectivity index (χ3v) is 4.39. The van der Waals surface area contributed by atoms with Crippen molar-refractivity contribution < 1.29 is 0 Å². The summed E-state index contributed by atoms with van der Waals surface area (Å²) in [5, 5.41) is 3.52. The van der Waals surface area contributed by atoms with Crippen molar-refractivity contribution in [2.24, 2.45) is 5.92 Å². The summed E-state index contributed by atoms with van der Waals surface area (Å²) >= 11 is 0. The van der Waals surface area contributed by atoms with Crippen LogP contribution in [-0.2, 0) is 6.54 Å². The number of nitrogens with zero attached hydrogens (tertiary/aromatic N) is 2. The lowest BCUT2D eigenvalue weighted by molar-refractivity contribution is 0.421. The smallest absolute Gasteiger partial charge is 0.0562 e. The Morgan fingerprint density at radius 1 is 1.29 bits per heavy atom. The largest absolute Gasteiger partial charge is 0.371 e. The number of pyridine rings is 1. The molecule has 0 amide bonds. The van der Waals surface area contributed by atoms with Crippen LogP contribution in [0, 0.1) is 5.92 Å². The Labute approximate surface area is 130 Å². The maximum atomic E-state index is 4.50. The molecular formula is C18H31N3. The van der Waals surface area contributed by atoms with Gasteiger partial charge in [-0.1, -0.05) is 13.3 Å². The van der Waals surface area contributed by atoms with Gasteiger partial charge in [-0.05, 0) is 58.1 Å². The van der Waals surface area contributed by atoms with Gasteiger partial charge in [0.05, 0.1) is 5.69 Å². The number of anilines is 1. The van der Waals surface area contributed by atoms with Crippen molar-refractivity contribution in [3.8, 4) is 0 Å². The molecule has 1 unspecified atom stereocenters. The molecule has 0 bridgehead atoms. The standard InChI is InChI=1S/C18H31N3/c1-5-15-7-6-11-21(12-9-15)17-8-10-19-16(13-17)14-20-18(2,3)4/h8,10,13,15,20H,5-7,9,11-12,14H2,1-4H3. The van der Waals surface area contributed by atoms with Gasteiger partial charge in [-0.25, -0.2) is 0 Å². The van der Waals surface area contributed by atoms with E-state index in [0.717, 1.165) is 18.2 Å². The van der Waals surface area contributed by atoms with E-state index >= 15 is 0 Å². The Kier molecular flexibility index (Phi) is 5.63. The molecule has 118 valence electrons. The SMILES string of the molecule is CCC1CCCN(c2ccnc(CNC(C)(C)C)c2)CC1. The summed E-state index contributed by atoms with van der Waals surface area (Å²) in [7, 11) is 0. The molecule has 21 heavy (non-hydrogen) atoms. The Balaban J connectivity index is 1.99. The van der Waals surface area contributed by atoms with Crippen LogP contribution in [0.3, 0.4) is 0 Å². The lowest BCUT2D eigenvalue weighted by atomic mass is 9.98. The average molecular weight is 289 g/mol. The molecule has 1 aliphatic rings. The first-order chi connectivity index (χ1) is 9.98. The first-order valence-electron chi connectivity index (χ1n) is 8.43. The summed E-state index contributed by atoms with van der Waals surface area (Å²) < 4.78 is 0. The van der Waals surface area contributed by atoms with Crippen molar-refractivity contribution in [3.05, 3.63) is 24.0 Å². The fourth-order valence-corrected chi connectivity index (χ4v) is 2.95. The van der Waals surface area contributed by atoms with E-state index in [-0.39, 0.29) is 5.54 Å². The van der Waals surface area contributed by atoms with Gasteiger partial charge < -0.3 is 10.2 Å². The van der Waals surface area contributed by atoms with Crippen LogP contribution in [0.1, 0.15) is 59.1 Å². The summed E-state index contributed by atoms with van der Waals surface area (Å²) in [6.07, 6.45) is 7.31. The molecule has 2 rings (SSSR count). The zero-order valence-corrected chi connectivity index (χ0v) is 14.2. The maximum Gasteiger partial charge on any atom is 0.0562 e. The third-order valence-electron chi connectivity index (χ3n) is 4.39. The number of hydrogen-bond acceptors (Lipinski definition) is 3. The Morgan fingerprint density at radius 2 is 2.10 bits per heavy atom. The van der Waals surface area contributed by atoms with Crippen molar-refractivity contribution in [3.63, 3.8) is 0 Å². The monoisotopic (exact) mass is 289 g/mol. The molecule has 2 heterocycles. The van der Waals surface area contributed by atoms with E-state index in [2.05, 4.69) is 55.0 Å². The molecule has 0 saturated carbocycles. The van der Waals surface area contributed by atoms with E-state index in [1.807, 2.05) is 6.20 Å². The average Bonchev–Trinajstić information content (AvgIpc) is 2.70. The number of hydrogen-bond donors (Lipinski definition) is 1. The van der Waals surface area contributed by atoms with E-state index in [0.29, 0.717) is 0 Å². The lowest BCUT2D eigenvalue weighted by Gasteiger charge is -2.24. The van der Waals surface area contributed by atoms with Gasteiger partial charge >= 0.3 is 0 Å². The first kappa shape index (κ1) is 16.3. The minimum atomic E-state index is 0.134. The van der Waals surface area contributed by atoms with Crippen LogP contribution < -0.4 is 10.2 Å². The Bertz CT molecular complexity index is 436. The molecule has 1 atom stereocenters. The second-order valence-corrected chi connectivity index (χ2v) is 7.30. The van der Waals surface area contributed by atoms with Crippen LogP contribution >= 0.6 is 0 Å². The van der Waals surface area contributed by atoms with Gasteiger partial charge in [0, 0.05) is 37.1 Å². The number of nitrogens with one attached hydrogen (secondary N) is 1. The van der Waals surface area contributed by atoms with Crippen LogP contribution in [0.2, 0.25) is 0 Å². The van der Waals surface area contributed by atoms with Gasteiger partial charge in [-0.15, -0.1) is 0 Å². The molecule has 0 radical (unpaired) electrons. The topological polar surface area (TPSA) is 28.2 Å². The van der Waals surface area contributed by atoms with Gasteiger partial charge in [0.15, 0.2) is 0 Å². The molecule has 1 aromatic rings. The predicted octanol–water partition coefficient (Wildman–Crippen LogP) is 3.99. The molecule has 1 saturated heterocycles. The molecule has 3 nitrogen and oxygen atoms in total. The highest BCUT2D eigenvalue weighted by Crippen LogP contribution is 2.24. The number of aromatic nitrogens is 1. The van der Waals surface area contributed by atoms with Crippen molar-refractivity contribution in [2.45, 2.75) is 65.5 Å². The Hall–Kier alpha value is -1.09. The van der Waals surface area contributed by atoms with Crippen molar-refractivity contribution >= 4 is 5.69 Å². The fraction of sp³-hybridized carbons (Fsp3) is 0.722. The maximum absolute atomic E-state index is 4.50. The lowest BCUT2D eigenvalue weighted by Crippen LogP contribution is -2.35. The first-order valence-corrected chi connectivity index (χ1v) is 8.43. The van der Waals surface area contributed by atoms with Gasteiger partial charge in [0.2, 0.25) is 0 Å². The molecule has 0 aliphatic carbocycles. The van der Waals surface area contributed by atoms with Gasteiger partial charge in [0.25, 0.3) is 0 Å². The number of rotatable bonds is 4. The third kappa shape index (κ3) is 5.31. The van der Waals surface area contributed by atoms with Gasteiger partial charge in [-0.3, -0.25) is 4.98 Å². The van der Waals surface area contributed by atoms with E-state index in [1.54, 1.807) is 0 Å². The zero-order valence-electron chi connectivity index (χ0n) is 14.2. The Morgan fingerprint density at radius 3 is 2.81 bits per heavy atom. The van der Waals surface area contributed by atoms with Crippen LogP contribution in [0.15, 0.2) is 18.3 Å². The van der Waals surface area contributed by atoms with Crippen molar-refractivity contribution in [1.82, 2.24) is 10.3 Å². The molecule has 1 aromatic heterocycles. The van der Waals surface area contributed by atoms with Crippen LogP contribution in [0.5, 0.6) is 0 Å². The van der Waals surface area contributed by atoms with E-state index in [4.69, 9.17) is 0 Å².